The van der Waals surface area contributed by atoms with Crippen molar-refractivity contribution < 1.29 is 15.0 Å². The standard InChI is InChI=1S/C17H22O3/c1-11(2)14-7-5-12-4-6-13(18)10-15(12)17(14,3)9-8-16(19)20/h4,6,10,14,18H,1,5,7-9H2,2-3H3,(H,19,20)/t14-,17-/m1/s1. The molecule has 0 aromatic heterocycles. The molecule has 0 spiro atoms. The summed E-state index contributed by atoms with van der Waals surface area (Å²) in [5, 5.41) is 18.8. The fourth-order valence-corrected chi connectivity index (χ4v) is 3.59. The van der Waals surface area contributed by atoms with Crippen molar-refractivity contribution in [2.45, 2.75) is 44.9 Å². The molecule has 0 unspecified atom stereocenters. The van der Waals surface area contributed by atoms with E-state index in [-0.39, 0.29) is 23.5 Å². The van der Waals surface area contributed by atoms with E-state index in [2.05, 4.69) is 13.5 Å². The lowest BCUT2D eigenvalue weighted by Crippen LogP contribution is -2.38. The van der Waals surface area contributed by atoms with Gasteiger partial charge in [0, 0.05) is 6.42 Å². The zero-order chi connectivity index (χ0) is 14.9. The van der Waals surface area contributed by atoms with E-state index in [9.17, 15) is 9.90 Å². The van der Waals surface area contributed by atoms with Crippen LogP contribution in [0.1, 0.15) is 44.2 Å². The first-order valence-corrected chi connectivity index (χ1v) is 7.04. The van der Waals surface area contributed by atoms with Crippen molar-refractivity contribution in [3.8, 4) is 5.75 Å². The van der Waals surface area contributed by atoms with E-state index in [4.69, 9.17) is 5.11 Å². The molecule has 0 bridgehead atoms. The van der Waals surface area contributed by atoms with Crippen molar-refractivity contribution in [3.63, 3.8) is 0 Å². The van der Waals surface area contributed by atoms with Gasteiger partial charge in [0.05, 0.1) is 0 Å². The highest BCUT2D eigenvalue weighted by molar-refractivity contribution is 5.67. The van der Waals surface area contributed by atoms with Crippen LogP contribution in [-0.2, 0) is 16.6 Å². The van der Waals surface area contributed by atoms with Crippen LogP contribution in [0, 0.1) is 5.92 Å². The molecule has 0 heterocycles. The summed E-state index contributed by atoms with van der Waals surface area (Å²) >= 11 is 0. The van der Waals surface area contributed by atoms with Gasteiger partial charge in [0.1, 0.15) is 5.75 Å². The number of allylic oxidation sites excluding steroid dienone is 1. The third-order valence-corrected chi connectivity index (χ3v) is 4.63. The Bertz CT molecular complexity index is 547. The lowest BCUT2D eigenvalue weighted by Gasteiger charge is -2.43. The molecule has 20 heavy (non-hydrogen) atoms. The molecule has 0 radical (unpaired) electrons. The largest absolute Gasteiger partial charge is 0.508 e. The van der Waals surface area contributed by atoms with Crippen LogP contribution in [0.3, 0.4) is 0 Å². The molecule has 0 aliphatic heterocycles. The molecule has 3 nitrogen and oxygen atoms in total. The van der Waals surface area contributed by atoms with E-state index in [0.29, 0.717) is 6.42 Å². The molecule has 1 aliphatic carbocycles. The number of carboxylic acids is 1. The maximum Gasteiger partial charge on any atom is 0.303 e. The highest BCUT2D eigenvalue weighted by Gasteiger charge is 2.40. The fraction of sp³-hybridized carbons (Fsp3) is 0.471. The predicted octanol–water partition coefficient (Wildman–Crippen LogP) is 3.65. The zero-order valence-electron chi connectivity index (χ0n) is 12.1. The van der Waals surface area contributed by atoms with Crippen molar-refractivity contribution >= 4 is 5.97 Å². The molecule has 1 aromatic carbocycles. The maximum absolute atomic E-state index is 11.0. The fourth-order valence-electron chi connectivity index (χ4n) is 3.59. The summed E-state index contributed by atoms with van der Waals surface area (Å²) in [6, 6.07) is 5.46. The molecule has 0 saturated carbocycles. The second-order valence-corrected chi connectivity index (χ2v) is 6.09. The summed E-state index contributed by atoms with van der Waals surface area (Å²) in [7, 11) is 0. The summed E-state index contributed by atoms with van der Waals surface area (Å²) in [5.41, 5.74) is 3.12. The molecule has 0 amide bonds. The minimum Gasteiger partial charge on any atom is -0.508 e. The molecule has 3 heteroatoms. The van der Waals surface area contributed by atoms with Crippen molar-refractivity contribution in [2.24, 2.45) is 5.92 Å². The van der Waals surface area contributed by atoms with Gasteiger partial charge >= 0.3 is 5.97 Å². The maximum atomic E-state index is 11.0. The normalized spacial score (nSPS) is 25.0. The van der Waals surface area contributed by atoms with E-state index in [1.54, 1.807) is 12.1 Å². The quantitative estimate of drug-likeness (QED) is 0.824. The van der Waals surface area contributed by atoms with Crippen LogP contribution in [0.15, 0.2) is 30.4 Å². The van der Waals surface area contributed by atoms with Crippen LogP contribution in [0.25, 0.3) is 0 Å². The number of carbonyl (C=O) groups is 1. The second kappa shape index (κ2) is 5.31. The number of phenols is 1. The summed E-state index contributed by atoms with van der Waals surface area (Å²) in [6.07, 6.45) is 2.64. The van der Waals surface area contributed by atoms with Crippen molar-refractivity contribution in [1.82, 2.24) is 0 Å². The first-order valence-electron chi connectivity index (χ1n) is 7.04. The summed E-state index contributed by atoms with van der Waals surface area (Å²) in [5.74, 6) is -0.275. The number of hydrogen-bond acceptors (Lipinski definition) is 2. The molecule has 108 valence electrons. The van der Waals surface area contributed by atoms with E-state index in [1.165, 1.54) is 5.56 Å². The third kappa shape index (κ3) is 2.58. The first-order chi connectivity index (χ1) is 9.34. The van der Waals surface area contributed by atoms with E-state index < -0.39 is 5.97 Å². The molecular weight excluding hydrogens is 252 g/mol. The number of rotatable bonds is 4. The third-order valence-electron chi connectivity index (χ3n) is 4.63. The van der Waals surface area contributed by atoms with Crippen molar-refractivity contribution in [1.29, 1.82) is 0 Å². The Balaban J connectivity index is 2.48. The molecule has 2 atom stereocenters. The van der Waals surface area contributed by atoms with Crippen LogP contribution in [0.5, 0.6) is 5.75 Å². The predicted molar refractivity (Wildman–Crippen MR) is 79.0 cm³/mol. The lowest BCUT2D eigenvalue weighted by molar-refractivity contribution is -0.137. The second-order valence-electron chi connectivity index (χ2n) is 6.09. The number of aromatic hydroxyl groups is 1. The Morgan fingerprint density at radius 3 is 2.80 bits per heavy atom. The Morgan fingerprint density at radius 2 is 2.20 bits per heavy atom. The topological polar surface area (TPSA) is 57.5 Å². The molecule has 1 aromatic rings. The minimum absolute atomic E-state index is 0.134. The van der Waals surface area contributed by atoms with Crippen LogP contribution >= 0.6 is 0 Å². The van der Waals surface area contributed by atoms with Gasteiger partial charge in [-0.2, -0.15) is 0 Å². The first kappa shape index (κ1) is 14.6. The van der Waals surface area contributed by atoms with Crippen LogP contribution in [0.4, 0.5) is 0 Å². The van der Waals surface area contributed by atoms with Gasteiger partial charge in [-0.1, -0.05) is 25.1 Å². The zero-order valence-corrected chi connectivity index (χ0v) is 12.1. The Kier molecular flexibility index (Phi) is 3.89. The van der Waals surface area contributed by atoms with Gasteiger partial charge in [-0.05, 0) is 60.8 Å². The number of fused-ring (bicyclic) bond motifs is 1. The molecule has 1 aliphatic rings. The molecule has 2 N–H and O–H groups in total. The average molecular weight is 274 g/mol. The highest BCUT2D eigenvalue weighted by atomic mass is 16.4. The van der Waals surface area contributed by atoms with Gasteiger partial charge in [-0.25, -0.2) is 0 Å². The van der Waals surface area contributed by atoms with Gasteiger partial charge in [0.15, 0.2) is 0 Å². The van der Waals surface area contributed by atoms with Crippen LogP contribution < -0.4 is 0 Å². The lowest BCUT2D eigenvalue weighted by atomic mass is 9.60. The number of hydrogen-bond donors (Lipinski definition) is 2. The van der Waals surface area contributed by atoms with Gasteiger partial charge in [-0.3, -0.25) is 4.79 Å². The molecule has 2 rings (SSSR count). The number of carboxylic acid groups (broad SMARTS) is 1. The SMILES string of the molecule is C=C(C)[C@H]1CCc2ccc(O)cc2[C@]1(C)CCC(=O)O. The summed E-state index contributed by atoms with van der Waals surface area (Å²) in [6.45, 7) is 8.20. The molecule has 0 saturated heterocycles. The highest BCUT2D eigenvalue weighted by Crippen LogP contribution is 2.48. The average Bonchev–Trinajstić information content (AvgIpc) is 2.37. The van der Waals surface area contributed by atoms with Crippen LogP contribution in [-0.4, -0.2) is 16.2 Å². The number of aryl methyl sites for hydroxylation is 1. The van der Waals surface area contributed by atoms with Crippen molar-refractivity contribution in [3.05, 3.63) is 41.5 Å². The van der Waals surface area contributed by atoms with Gasteiger partial charge in [0.2, 0.25) is 0 Å². The van der Waals surface area contributed by atoms with E-state index >= 15 is 0 Å². The number of aliphatic carboxylic acids is 1. The Hall–Kier alpha value is -1.77. The number of phenolic OH excluding ortho intramolecular Hbond substituents is 1. The number of benzene rings is 1. The Labute approximate surface area is 120 Å². The van der Waals surface area contributed by atoms with Gasteiger partial charge in [0.25, 0.3) is 0 Å². The minimum atomic E-state index is -0.779. The smallest absolute Gasteiger partial charge is 0.303 e. The van der Waals surface area contributed by atoms with E-state index in [0.717, 1.165) is 24.0 Å². The monoisotopic (exact) mass is 274 g/mol. The summed E-state index contributed by atoms with van der Waals surface area (Å²) < 4.78 is 0. The molecular formula is C17H22O3. The molecule has 0 fully saturated rings. The van der Waals surface area contributed by atoms with Gasteiger partial charge in [-0.15, -0.1) is 0 Å². The van der Waals surface area contributed by atoms with Crippen LogP contribution in [0.2, 0.25) is 0 Å². The van der Waals surface area contributed by atoms with E-state index in [1.807, 2.05) is 13.0 Å². The Morgan fingerprint density at radius 1 is 1.50 bits per heavy atom. The summed E-state index contributed by atoms with van der Waals surface area (Å²) in [4.78, 5) is 11.0. The van der Waals surface area contributed by atoms with Crippen molar-refractivity contribution in [2.75, 3.05) is 0 Å². The van der Waals surface area contributed by atoms with Gasteiger partial charge < -0.3 is 10.2 Å².